The number of hydrogen-bond acceptors (Lipinski definition) is 5. The average Bonchev–Trinajstić information content (AvgIpc) is 2.37. The smallest absolute Gasteiger partial charge is 0.224 e. The Labute approximate surface area is 108 Å². The second kappa shape index (κ2) is 5.52. The first-order valence-corrected chi connectivity index (χ1v) is 6.58. The van der Waals surface area contributed by atoms with Crippen molar-refractivity contribution in [3.8, 4) is 0 Å². The molecule has 0 aromatic carbocycles. The second-order valence-corrected chi connectivity index (χ2v) is 5.29. The normalized spacial score (nSPS) is 27.8. The van der Waals surface area contributed by atoms with Crippen LogP contribution >= 0.6 is 0 Å². The van der Waals surface area contributed by atoms with Crippen LogP contribution in [0.15, 0.2) is 12.3 Å². The Morgan fingerprint density at radius 2 is 2.39 bits per heavy atom. The van der Waals surface area contributed by atoms with Crippen LogP contribution in [0.2, 0.25) is 0 Å². The number of nitrogens with one attached hydrogen (secondary N) is 2. The lowest BCUT2D eigenvalue weighted by Gasteiger charge is -2.35. The van der Waals surface area contributed by atoms with Crippen molar-refractivity contribution in [3.05, 3.63) is 12.3 Å². The first kappa shape index (κ1) is 13.1. The zero-order valence-electron chi connectivity index (χ0n) is 11.1. The SMILES string of the molecule is CNc1nccc(NCC2(O)CCCC(C)C2)n1. The molecule has 18 heavy (non-hydrogen) atoms. The highest BCUT2D eigenvalue weighted by Crippen LogP contribution is 2.32. The summed E-state index contributed by atoms with van der Waals surface area (Å²) < 4.78 is 0. The molecular formula is C13H22N4O. The van der Waals surface area contributed by atoms with Gasteiger partial charge in [-0.25, -0.2) is 4.98 Å². The molecule has 5 heteroatoms. The van der Waals surface area contributed by atoms with Crippen LogP contribution in [0.1, 0.15) is 32.6 Å². The third-order valence-corrected chi connectivity index (χ3v) is 3.55. The van der Waals surface area contributed by atoms with Gasteiger partial charge in [0.25, 0.3) is 0 Å². The fourth-order valence-corrected chi connectivity index (χ4v) is 2.63. The Balaban J connectivity index is 1.93. The van der Waals surface area contributed by atoms with Crippen LogP contribution < -0.4 is 10.6 Å². The molecule has 0 amide bonds. The van der Waals surface area contributed by atoms with E-state index in [-0.39, 0.29) is 0 Å². The third-order valence-electron chi connectivity index (χ3n) is 3.55. The number of aliphatic hydroxyl groups is 1. The molecule has 1 aromatic rings. The molecule has 0 radical (unpaired) electrons. The van der Waals surface area contributed by atoms with Crippen molar-refractivity contribution < 1.29 is 5.11 Å². The molecule has 0 aliphatic heterocycles. The third kappa shape index (κ3) is 3.32. The monoisotopic (exact) mass is 250 g/mol. The predicted octanol–water partition coefficient (Wildman–Crippen LogP) is 1.87. The van der Waals surface area contributed by atoms with Crippen LogP contribution in [0.5, 0.6) is 0 Å². The molecule has 2 atom stereocenters. The Morgan fingerprint density at radius 3 is 3.11 bits per heavy atom. The van der Waals surface area contributed by atoms with Crippen LogP contribution in [0.3, 0.4) is 0 Å². The first-order valence-electron chi connectivity index (χ1n) is 6.58. The highest BCUT2D eigenvalue weighted by atomic mass is 16.3. The maximum absolute atomic E-state index is 10.5. The van der Waals surface area contributed by atoms with Crippen molar-refractivity contribution in [2.45, 2.75) is 38.2 Å². The lowest BCUT2D eigenvalue weighted by Crippen LogP contribution is -2.41. The highest BCUT2D eigenvalue weighted by Gasteiger charge is 2.32. The van der Waals surface area contributed by atoms with Gasteiger partial charge in [0.15, 0.2) is 0 Å². The Hall–Kier alpha value is -1.36. The summed E-state index contributed by atoms with van der Waals surface area (Å²) in [5.74, 6) is 1.94. The minimum absolute atomic E-state index is 0.553. The van der Waals surface area contributed by atoms with E-state index in [1.165, 1.54) is 6.42 Å². The Morgan fingerprint density at radius 1 is 1.56 bits per heavy atom. The van der Waals surface area contributed by atoms with Crippen LogP contribution in [0.25, 0.3) is 0 Å². The van der Waals surface area contributed by atoms with Crippen LogP contribution in [-0.4, -0.2) is 34.3 Å². The lowest BCUT2D eigenvalue weighted by molar-refractivity contribution is -0.000826. The summed E-state index contributed by atoms with van der Waals surface area (Å²) in [6, 6.07) is 1.82. The number of rotatable bonds is 4. The van der Waals surface area contributed by atoms with E-state index in [2.05, 4.69) is 27.5 Å². The molecule has 2 rings (SSSR count). The fourth-order valence-electron chi connectivity index (χ4n) is 2.63. The van der Waals surface area contributed by atoms with E-state index in [1.54, 1.807) is 13.2 Å². The quantitative estimate of drug-likeness (QED) is 0.761. The molecule has 1 aromatic heterocycles. The predicted molar refractivity (Wildman–Crippen MR) is 72.7 cm³/mol. The van der Waals surface area contributed by atoms with E-state index < -0.39 is 5.60 Å². The zero-order chi connectivity index (χ0) is 13.0. The Bertz CT molecular complexity index is 398. The van der Waals surface area contributed by atoms with Crippen molar-refractivity contribution in [1.29, 1.82) is 0 Å². The van der Waals surface area contributed by atoms with E-state index in [4.69, 9.17) is 0 Å². The number of anilines is 2. The number of nitrogens with zero attached hydrogens (tertiary/aromatic N) is 2. The van der Waals surface area contributed by atoms with Gasteiger partial charge in [0.05, 0.1) is 5.60 Å². The molecule has 0 saturated heterocycles. The molecule has 3 N–H and O–H groups in total. The molecule has 2 unspecified atom stereocenters. The summed E-state index contributed by atoms with van der Waals surface area (Å²) in [7, 11) is 1.79. The molecule has 0 spiro atoms. The standard InChI is InChI=1S/C13H22N4O/c1-10-4-3-6-13(18,8-10)9-16-11-5-7-15-12(14-2)17-11/h5,7,10,18H,3-4,6,8-9H2,1-2H3,(H2,14,15,16,17). The van der Waals surface area contributed by atoms with E-state index >= 15 is 0 Å². The van der Waals surface area contributed by atoms with Gasteiger partial charge in [-0.15, -0.1) is 0 Å². The molecule has 1 aliphatic rings. The molecule has 1 saturated carbocycles. The first-order chi connectivity index (χ1) is 8.61. The summed E-state index contributed by atoms with van der Waals surface area (Å²) in [5.41, 5.74) is -0.595. The molecule has 0 bridgehead atoms. The van der Waals surface area contributed by atoms with Gasteiger partial charge in [0.1, 0.15) is 5.82 Å². The summed E-state index contributed by atoms with van der Waals surface area (Å²) in [6.45, 7) is 2.76. The molecule has 100 valence electrons. The molecule has 1 aliphatic carbocycles. The second-order valence-electron chi connectivity index (χ2n) is 5.29. The summed E-state index contributed by atoms with van der Waals surface area (Å²) in [5, 5.41) is 16.6. The van der Waals surface area contributed by atoms with Crippen LogP contribution in [-0.2, 0) is 0 Å². The zero-order valence-corrected chi connectivity index (χ0v) is 11.1. The van der Waals surface area contributed by atoms with Gasteiger partial charge in [-0.3, -0.25) is 0 Å². The van der Waals surface area contributed by atoms with Gasteiger partial charge in [-0.1, -0.05) is 19.8 Å². The molecular weight excluding hydrogens is 228 g/mol. The minimum Gasteiger partial charge on any atom is -0.388 e. The maximum Gasteiger partial charge on any atom is 0.224 e. The fraction of sp³-hybridized carbons (Fsp3) is 0.692. The summed E-state index contributed by atoms with van der Waals surface area (Å²) in [4.78, 5) is 8.34. The van der Waals surface area contributed by atoms with Crippen molar-refractivity contribution in [3.63, 3.8) is 0 Å². The summed E-state index contributed by atoms with van der Waals surface area (Å²) in [6.07, 6.45) is 5.76. The van der Waals surface area contributed by atoms with Crippen molar-refractivity contribution in [2.24, 2.45) is 5.92 Å². The van der Waals surface area contributed by atoms with E-state index in [0.717, 1.165) is 25.1 Å². The van der Waals surface area contributed by atoms with Crippen molar-refractivity contribution in [1.82, 2.24) is 9.97 Å². The molecule has 1 heterocycles. The van der Waals surface area contributed by atoms with Gasteiger partial charge in [0, 0.05) is 19.8 Å². The minimum atomic E-state index is -0.595. The van der Waals surface area contributed by atoms with Gasteiger partial charge >= 0.3 is 0 Å². The Kier molecular flexibility index (Phi) is 4.01. The highest BCUT2D eigenvalue weighted by molar-refractivity contribution is 5.39. The molecule has 1 fully saturated rings. The van der Waals surface area contributed by atoms with Crippen LogP contribution in [0.4, 0.5) is 11.8 Å². The van der Waals surface area contributed by atoms with Gasteiger partial charge in [-0.2, -0.15) is 4.98 Å². The largest absolute Gasteiger partial charge is 0.388 e. The average molecular weight is 250 g/mol. The topological polar surface area (TPSA) is 70.1 Å². The van der Waals surface area contributed by atoms with Crippen molar-refractivity contribution in [2.75, 3.05) is 24.2 Å². The van der Waals surface area contributed by atoms with Gasteiger partial charge in [0.2, 0.25) is 5.95 Å². The van der Waals surface area contributed by atoms with Gasteiger partial charge in [-0.05, 0) is 24.8 Å². The van der Waals surface area contributed by atoms with Crippen molar-refractivity contribution >= 4 is 11.8 Å². The number of hydrogen-bond donors (Lipinski definition) is 3. The van der Waals surface area contributed by atoms with Crippen LogP contribution in [0, 0.1) is 5.92 Å². The van der Waals surface area contributed by atoms with E-state index in [0.29, 0.717) is 18.4 Å². The van der Waals surface area contributed by atoms with E-state index in [9.17, 15) is 5.11 Å². The lowest BCUT2D eigenvalue weighted by atomic mass is 9.79. The molecule has 5 nitrogen and oxygen atoms in total. The van der Waals surface area contributed by atoms with E-state index in [1.807, 2.05) is 6.07 Å². The maximum atomic E-state index is 10.5. The van der Waals surface area contributed by atoms with Gasteiger partial charge < -0.3 is 15.7 Å². The number of aromatic nitrogens is 2. The summed E-state index contributed by atoms with van der Waals surface area (Å²) >= 11 is 0.